The number of fused-ring (bicyclic) bond motifs is 4. The van der Waals surface area contributed by atoms with Crippen LogP contribution in [0.1, 0.15) is 66.2 Å². The van der Waals surface area contributed by atoms with Gasteiger partial charge < -0.3 is 25.2 Å². The number of amides is 1. The second-order valence-corrected chi connectivity index (χ2v) is 10.9. The SMILES string of the molecule is Cc1cc2c(cc1F)OCCCCN(C)c1cc(N3CC[C@H](N)C3)nc3cc(nn13)C1CCCCN1C2=O. The first-order valence-corrected chi connectivity index (χ1v) is 13.8. The van der Waals surface area contributed by atoms with Crippen LogP contribution in [0.25, 0.3) is 5.65 Å². The summed E-state index contributed by atoms with van der Waals surface area (Å²) in [5, 5.41) is 5.03. The first kappa shape index (κ1) is 24.9. The fraction of sp³-hybridized carbons (Fsp3) is 0.536. The number of carbonyl (C=O) groups excluding carboxylic acids is 1. The molecule has 202 valence electrons. The van der Waals surface area contributed by atoms with E-state index in [4.69, 9.17) is 20.6 Å². The predicted octanol–water partition coefficient (Wildman–Crippen LogP) is 3.69. The highest BCUT2D eigenvalue weighted by Crippen LogP contribution is 2.35. The van der Waals surface area contributed by atoms with E-state index < -0.39 is 0 Å². The van der Waals surface area contributed by atoms with Gasteiger partial charge in [0.05, 0.1) is 23.9 Å². The molecule has 1 aromatic carbocycles. The van der Waals surface area contributed by atoms with Crippen LogP contribution in [0.3, 0.4) is 0 Å². The maximum Gasteiger partial charge on any atom is 0.258 e. The molecule has 2 aromatic heterocycles. The minimum absolute atomic E-state index is 0.142. The Morgan fingerprint density at radius 2 is 1.89 bits per heavy atom. The number of hydrogen-bond acceptors (Lipinski definition) is 7. The number of rotatable bonds is 1. The molecule has 5 heterocycles. The molecule has 0 aliphatic carbocycles. The molecule has 0 radical (unpaired) electrons. The Labute approximate surface area is 222 Å². The Bertz CT molecular complexity index is 1360. The number of aryl methyl sites for hydroxylation is 1. The molecule has 9 nitrogen and oxygen atoms in total. The average Bonchev–Trinajstić information content (AvgIpc) is 3.55. The predicted molar refractivity (Wildman–Crippen MR) is 145 cm³/mol. The van der Waals surface area contributed by atoms with Crippen molar-refractivity contribution in [3.63, 3.8) is 0 Å². The summed E-state index contributed by atoms with van der Waals surface area (Å²) in [4.78, 5) is 25.3. The van der Waals surface area contributed by atoms with Crippen LogP contribution in [-0.4, -0.2) is 71.3 Å². The lowest BCUT2D eigenvalue weighted by atomic mass is 9.97. The van der Waals surface area contributed by atoms with E-state index in [1.54, 1.807) is 13.0 Å². The molecule has 2 saturated heterocycles. The van der Waals surface area contributed by atoms with Crippen molar-refractivity contribution in [2.24, 2.45) is 5.73 Å². The summed E-state index contributed by atoms with van der Waals surface area (Å²) >= 11 is 0. The van der Waals surface area contributed by atoms with Crippen molar-refractivity contribution < 1.29 is 13.9 Å². The summed E-state index contributed by atoms with van der Waals surface area (Å²) in [6, 6.07) is 7.07. The molecule has 2 bridgehead atoms. The number of benzene rings is 1. The normalized spacial score (nSPS) is 22.7. The molecule has 0 spiro atoms. The van der Waals surface area contributed by atoms with Crippen molar-refractivity contribution in [1.29, 1.82) is 0 Å². The van der Waals surface area contributed by atoms with Crippen molar-refractivity contribution >= 4 is 23.2 Å². The number of nitrogens with two attached hydrogens (primary N) is 1. The lowest BCUT2D eigenvalue weighted by molar-refractivity contribution is 0.0601. The monoisotopic (exact) mass is 521 g/mol. The van der Waals surface area contributed by atoms with Crippen molar-refractivity contribution in [1.82, 2.24) is 19.5 Å². The van der Waals surface area contributed by atoms with Crippen molar-refractivity contribution in [2.75, 3.05) is 49.6 Å². The first-order chi connectivity index (χ1) is 18.4. The zero-order valence-electron chi connectivity index (χ0n) is 22.2. The largest absolute Gasteiger partial charge is 0.493 e. The van der Waals surface area contributed by atoms with Crippen LogP contribution >= 0.6 is 0 Å². The Hall–Kier alpha value is -3.40. The molecule has 6 rings (SSSR count). The fourth-order valence-electron chi connectivity index (χ4n) is 5.89. The van der Waals surface area contributed by atoms with Crippen molar-refractivity contribution in [2.45, 2.75) is 57.5 Å². The number of piperidine rings is 1. The second kappa shape index (κ2) is 10.1. The van der Waals surface area contributed by atoms with Gasteiger partial charge in [-0.3, -0.25) is 4.79 Å². The summed E-state index contributed by atoms with van der Waals surface area (Å²) in [5.74, 6) is 1.68. The minimum Gasteiger partial charge on any atom is -0.493 e. The average molecular weight is 522 g/mol. The van der Waals surface area contributed by atoms with Crippen LogP contribution in [0.5, 0.6) is 5.75 Å². The molecule has 3 aromatic rings. The number of hydrogen-bond donors (Lipinski definition) is 1. The summed E-state index contributed by atoms with van der Waals surface area (Å²) in [7, 11) is 2.07. The van der Waals surface area contributed by atoms with Crippen molar-refractivity contribution in [3.8, 4) is 5.75 Å². The lowest BCUT2D eigenvalue weighted by Gasteiger charge is -2.35. The molecule has 2 N–H and O–H groups in total. The third kappa shape index (κ3) is 4.55. The minimum atomic E-state index is -0.364. The van der Waals surface area contributed by atoms with Crippen molar-refractivity contribution in [3.05, 3.63) is 46.9 Å². The van der Waals surface area contributed by atoms with Gasteiger partial charge in [0, 0.05) is 57.5 Å². The van der Waals surface area contributed by atoms with Crippen LogP contribution in [0, 0.1) is 12.7 Å². The molecular weight excluding hydrogens is 485 g/mol. The van der Waals surface area contributed by atoms with E-state index in [2.05, 4.69) is 22.9 Å². The van der Waals surface area contributed by atoms with Gasteiger partial charge in [0.2, 0.25) is 0 Å². The molecule has 2 atom stereocenters. The van der Waals surface area contributed by atoms with E-state index in [-0.39, 0.29) is 23.8 Å². The summed E-state index contributed by atoms with van der Waals surface area (Å²) in [6.45, 7) is 5.17. The molecule has 10 heteroatoms. The third-order valence-electron chi connectivity index (χ3n) is 8.10. The van der Waals surface area contributed by atoms with Gasteiger partial charge in [-0.15, -0.1) is 0 Å². The summed E-state index contributed by atoms with van der Waals surface area (Å²) in [6.07, 6.45) is 5.32. The van der Waals surface area contributed by atoms with E-state index >= 15 is 0 Å². The Morgan fingerprint density at radius 1 is 1.05 bits per heavy atom. The molecule has 2 fully saturated rings. The van der Waals surface area contributed by atoms with E-state index in [9.17, 15) is 9.18 Å². The maximum absolute atomic E-state index is 14.5. The van der Waals surface area contributed by atoms with Crippen LogP contribution < -0.4 is 20.3 Å². The Kier molecular flexibility index (Phi) is 6.59. The van der Waals surface area contributed by atoms with Gasteiger partial charge in [-0.25, -0.2) is 9.37 Å². The summed E-state index contributed by atoms with van der Waals surface area (Å²) < 4.78 is 22.4. The van der Waals surface area contributed by atoms with Crippen LogP contribution in [0.2, 0.25) is 0 Å². The zero-order chi connectivity index (χ0) is 26.4. The van der Waals surface area contributed by atoms with E-state index in [0.717, 1.165) is 81.1 Å². The number of anilines is 2. The molecule has 0 saturated carbocycles. The quantitative estimate of drug-likeness (QED) is 0.522. The molecule has 3 aliphatic rings. The van der Waals surface area contributed by atoms with Gasteiger partial charge in [-0.2, -0.15) is 9.61 Å². The smallest absolute Gasteiger partial charge is 0.258 e. The van der Waals surface area contributed by atoms with Gasteiger partial charge in [0.1, 0.15) is 23.2 Å². The van der Waals surface area contributed by atoms with Crippen LogP contribution in [0.4, 0.5) is 16.0 Å². The fourth-order valence-corrected chi connectivity index (χ4v) is 5.89. The van der Waals surface area contributed by atoms with E-state index in [1.165, 1.54) is 6.07 Å². The van der Waals surface area contributed by atoms with Gasteiger partial charge in [-0.1, -0.05) is 0 Å². The highest BCUT2D eigenvalue weighted by molar-refractivity contribution is 5.97. The highest BCUT2D eigenvalue weighted by Gasteiger charge is 2.33. The number of nitrogens with zero attached hydrogens (tertiary/aromatic N) is 6. The molecule has 1 unspecified atom stereocenters. The van der Waals surface area contributed by atoms with Gasteiger partial charge in [0.25, 0.3) is 5.91 Å². The second-order valence-electron chi connectivity index (χ2n) is 10.9. The molecule has 1 amide bonds. The zero-order valence-corrected chi connectivity index (χ0v) is 22.2. The highest BCUT2D eigenvalue weighted by atomic mass is 19.1. The topological polar surface area (TPSA) is 92.2 Å². The van der Waals surface area contributed by atoms with E-state index in [0.29, 0.717) is 30.0 Å². The molecule has 3 aliphatic heterocycles. The number of ether oxygens (including phenoxy) is 1. The Morgan fingerprint density at radius 3 is 2.71 bits per heavy atom. The lowest BCUT2D eigenvalue weighted by Crippen LogP contribution is -2.39. The van der Waals surface area contributed by atoms with Crippen LogP contribution in [-0.2, 0) is 0 Å². The third-order valence-corrected chi connectivity index (χ3v) is 8.10. The van der Waals surface area contributed by atoms with Gasteiger partial charge in [-0.05, 0) is 57.1 Å². The van der Waals surface area contributed by atoms with Crippen LogP contribution in [0.15, 0.2) is 24.3 Å². The standard InChI is InChI=1S/C28H36FN7O2/c1-18-13-20-24(14-21(18)29)38-12-6-5-9-33(2)27-16-25(34-11-8-19(30)17-34)31-26-15-22(32-36(26)27)23-7-3-4-10-35(23)28(20)37/h13-16,19,23H,3-12,17,30H2,1-2H3/t19-,23?/m0/s1. The number of halogens is 1. The number of carbonyl (C=O) groups is 1. The molecule has 38 heavy (non-hydrogen) atoms. The van der Waals surface area contributed by atoms with Gasteiger partial charge in [0.15, 0.2) is 5.65 Å². The number of aromatic nitrogens is 3. The molecular formula is C28H36FN7O2. The van der Waals surface area contributed by atoms with E-state index in [1.807, 2.05) is 15.5 Å². The van der Waals surface area contributed by atoms with Gasteiger partial charge >= 0.3 is 0 Å². The Balaban J connectivity index is 1.46. The first-order valence-electron chi connectivity index (χ1n) is 13.8. The summed E-state index contributed by atoms with van der Waals surface area (Å²) in [5.41, 5.74) is 8.65. The maximum atomic E-state index is 14.5.